The summed E-state index contributed by atoms with van der Waals surface area (Å²) in [5.74, 6) is 0.805. The number of hydrogen-bond acceptors (Lipinski definition) is 2. The molecule has 1 saturated heterocycles. The highest BCUT2D eigenvalue weighted by Gasteiger charge is 2.31. The zero-order valence-corrected chi connectivity index (χ0v) is 12.7. The van der Waals surface area contributed by atoms with Gasteiger partial charge in [-0.05, 0) is 31.0 Å². The number of benzene rings is 1. The lowest BCUT2D eigenvalue weighted by molar-refractivity contribution is 0.205. The Bertz CT molecular complexity index is 644. The van der Waals surface area contributed by atoms with E-state index in [9.17, 15) is 4.79 Å². The van der Waals surface area contributed by atoms with Crippen LogP contribution in [0.4, 0.5) is 10.5 Å². The molecule has 2 N–H and O–H groups in total. The number of imidazole rings is 1. The number of H-pyrrole nitrogens is 1. The first-order valence-electron chi connectivity index (χ1n) is 6.67. The van der Waals surface area contributed by atoms with Gasteiger partial charge in [-0.2, -0.15) is 0 Å². The number of anilines is 1. The van der Waals surface area contributed by atoms with Crippen molar-refractivity contribution in [3.05, 3.63) is 46.5 Å². The first-order chi connectivity index (χ1) is 10.1. The zero-order valence-electron chi connectivity index (χ0n) is 11.1. The number of nitrogens with zero attached hydrogens (tertiary/aromatic N) is 2. The van der Waals surface area contributed by atoms with E-state index in [-0.39, 0.29) is 12.1 Å². The molecular formula is C14H14Cl2N4O. The van der Waals surface area contributed by atoms with Crippen LogP contribution in [0.25, 0.3) is 0 Å². The van der Waals surface area contributed by atoms with E-state index in [4.69, 9.17) is 23.2 Å². The molecule has 7 heteroatoms. The fourth-order valence-corrected chi connectivity index (χ4v) is 2.87. The van der Waals surface area contributed by atoms with Gasteiger partial charge in [-0.1, -0.05) is 23.2 Å². The van der Waals surface area contributed by atoms with Gasteiger partial charge in [-0.15, -0.1) is 0 Å². The van der Waals surface area contributed by atoms with Crippen LogP contribution < -0.4 is 5.32 Å². The summed E-state index contributed by atoms with van der Waals surface area (Å²) in [4.78, 5) is 21.5. The Morgan fingerprint density at radius 1 is 1.43 bits per heavy atom. The maximum absolute atomic E-state index is 12.5. The molecule has 1 aromatic heterocycles. The molecule has 21 heavy (non-hydrogen) atoms. The molecule has 1 atom stereocenters. The van der Waals surface area contributed by atoms with Crippen molar-refractivity contribution in [3.63, 3.8) is 0 Å². The van der Waals surface area contributed by atoms with Gasteiger partial charge in [0.05, 0.1) is 16.8 Å². The molecule has 1 fully saturated rings. The maximum Gasteiger partial charge on any atom is 0.322 e. The number of nitrogens with one attached hydrogen (secondary N) is 2. The molecule has 2 amide bonds. The smallest absolute Gasteiger partial charge is 0.322 e. The van der Waals surface area contributed by atoms with Crippen LogP contribution in [0, 0.1) is 0 Å². The Morgan fingerprint density at radius 2 is 2.29 bits per heavy atom. The van der Waals surface area contributed by atoms with Gasteiger partial charge >= 0.3 is 6.03 Å². The molecule has 0 aliphatic carbocycles. The number of halogens is 2. The average molecular weight is 325 g/mol. The molecule has 1 aliphatic rings. The summed E-state index contributed by atoms with van der Waals surface area (Å²) >= 11 is 12.0. The normalized spacial score (nSPS) is 18.0. The minimum Gasteiger partial charge on any atom is -0.347 e. The monoisotopic (exact) mass is 324 g/mol. The number of carbonyl (C=O) groups is 1. The van der Waals surface area contributed by atoms with Crippen LogP contribution in [-0.2, 0) is 0 Å². The number of amides is 2. The lowest BCUT2D eigenvalue weighted by Gasteiger charge is -2.23. The van der Waals surface area contributed by atoms with Crippen LogP contribution in [0.2, 0.25) is 10.0 Å². The Balaban J connectivity index is 1.77. The summed E-state index contributed by atoms with van der Waals surface area (Å²) in [6.45, 7) is 0.690. The first kappa shape index (κ1) is 14.2. The van der Waals surface area contributed by atoms with Gasteiger partial charge in [0.25, 0.3) is 0 Å². The highest BCUT2D eigenvalue weighted by Crippen LogP contribution is 2.31. The number of aromatic amines is 1. The highest BCUT2D eigenvalue weighted by molar-refractivity contribution is 6.35. The molecule has 110 valence electrons. The summed E-state index contributed by atoms with van der Waals surface area (Å²) < 4.78 is 0. The second kappa shape index (κ2) is 5.95. The van der Waals surface area contributed by atoms with Gasteiger partial charge in [0.1, 0.15) is 5.82 Å². The molecule has 1 aromatic carbocycles. The van der Waals surface area contributed by atoms with Crippen molar-refractivity contribution in [2.24, 2.45) is 0 Å². The molecule has 0 radical (unpaired) electrons. The van der Waals surface area contributed by atoms with Gasteiger partial charge in [0.2, 0.25) is 0 Å². The molecule has 0 saturated carbocycles. The fourth-order valence-electron chi connectivity index (χ4n) is 2.53. The van der Waals surface area contributed by atoms with Gasteiger partial charge < -0.3 is 15.2 Å². The SMILES string of the molecule is O=C(Nc1cc(Cl)ccc1Cl)N1CCC[C@H]1c1ncc[nH]1. The van der Waals surface area contributed by atoms with E-state index in [1.807, 2.05) is 0 Å². The van der Waals surface area contributed by atoms with E-state index in [1.165, 1.54) is 0 Å². The third-order valence-corrected chi connectivity index (χ3v) is 4.08. The van der Waals surface area contributed by atoms with Gasteiger partial charge in [0, 0.05) is 24.0 Å². The van der Waals surface area contributed by atoms with Crippen molar-refractivity contribution < 1.29 is 4.79 Å². The minimum atomic E-state index is -0.196. The minimum absolute atomic E-state index is 0.0297. The van der Waals surface area contributed by atoms with Crippen LogP contribution >= 0.6 is 23.2 Å². The van der Waals surface area contributed by atoms with E-state index in [2.05, 4.69) is 15.3 Å². The van der Waals surface area contributed by atoms with Crippen LogP contribution in [0.3, 0.4) is 0 Å². The second-order valence-corrected chi connectivity index (χ2v) is 5.72. The van der Waals surface area contributed by atoms with Crippen molar-refractivity contribution in [1.82, 2.24) is 14.9 Å². The largest absolute Gasteiger partial charge is 0.347 e. The number of likely N-dealkylation sites (tertiary alicyclic amines) is 1. The van der Waals surface area contributed by atoms with E-state index in [1.54, 1.807) is 35.5 Å². The number of rotatable bonds is 2. The summed E-state index contributed by atoms with van der Waals surface area (Å²) in [6.07, 6.45) is 5.29. The molecule has 0 unspecified atom stereocenters. The van der Waals surface area contributed by atoms with Crippen molar-refractivity contribution in [1.29, 1.82) is 0 Å². The quantitative estimate of drug-likeness (QED) is 0.874. The molecule has 2 heterocycles. The fraction of sp³-hybridized carbons (Fsp3) is 0.286. The third kappa shape index (κ3) is 2.99. The third-order valence-electron chi connectivity index (χ3n) is 3.52. The predicted molar refractivity (Wildman–Crippen MR) is 82.7 cm³/mol. The predicted octanol–water partition coefficient (Wildman–Crippen LogP) is 4.09. The van der Waals surface area contributed by atoms with Crippen molar-refractivity contribution in [2.75, 3.05) is 11.9 Å². The number of carbonyl (C=O) groups excluding carboxylic acids is 1. The summed E-state index contributed by atoms with van der Waals surface area (Å²) in [5.41, 5.74) is 0.513. The van der Waals surface area contributed by atoms with Crippen LogP contribution in [0.5, 0.6) is 0 Å². The number of hydrogen-bond donors (Lipinski definition) is 2. The molecule has 3 rings (SSSR count). The topological polar surface area (TPSA) is 61.0 Å². The molecular weight excluding hydrogens is 311 g/mol. The Labute approximate surface area is 132 Å². The molecule has 1 aliphatic heterocycles. The Kier molecular flexibility index (Phi) is 4.03. The summed E-state index contributed by atoms with van der Waals surface area (Å²) in [7, 11) is 0. The average Bonchev–Trinajstić information content (AvgIpc) is 3.12. The van der Waals surface area contributed by atoms with Crippen molar-refractivity contribution >= 4 is 34.9 Å². The van der Waals surface area contributed by atoms with Crippen LogP contribution in [0.15, 0.2) is 30.6 Å². The van der Waals surface area contributed by atoms with Crippen LogP contribution in [-0.4, -0.2) is 27.4 Å². The van der Waals surface area contributed by atoms with Gasteiger partial charge in [-0.3, -0.25) is 0 Å². The Hall–Kier alpha value is -1.72. The standard InChI is InChI=1S/C14H14Cl2N4O/c15-9-3-4-10(16)11(8-9)19-14(21)20-7-1-2-12(20)13-17-5-6-18-13/h3-6,8,12H,1-2,7H2,(H,17,18)(H,19,21)/t12-/m0/s1. The van der Waals surface area contributed by atoms with E-state index >= 15 is 0 Å². The molecule has 2 aromatic rings. The lowest BCUT2D eigenvalue weighted by atomic mass is 10.2. The first-order valence-corrected chi connectivity index (χ1v) is 7.42. The van der Waals surface area contributed by atoms with Gasteiger partial charge in [-0.25, -0.2) is 9.78 Å². The maximum atomic E-state index is 12.5. The van der Waals surface area contributed by atoms with Gasteiger partial charge in [0.15, 0.2) is 0 Å². The Morgan fingerprint density at radius 3 is 3.05 bits per heavy atom. The number of urea groups is 1. The van der Waals surface area contributed by atoms with E-state index in [0.717, 1.165) is 18.7 Å². The van der Waals surface area contributed by atoms with Crippen LogP contribution in [0.1, 0.15) is 24.7 Å². The molecule has 0 spiro atoms. The molecule has 0 bridgehead atoms. The van der Waals surface area contributed by atoms with E-state index in [0.29, 0.717) is 22.3 Å². The van der Waals surface area contributed by atoms with Crippen molar-refractivity contribution in [3.8, 4) is 0 Å². The summed E-state index contributed by atoms with van der Waals surface area (Å²) in [5, 5.41) is 3.80. The lowest BCUT2D eigenvalue weighted by Crippen LogP contribution is -2.34. The molecule has 5 nitrogen and oxygen atoms in total. The van der Waals surface area contributed by atoms with E-state index < -0.39 is 0 Å². The second-order valence-electron chi connectivity index (χ2n) is 4.88. The zero-order chi connectivity index (χ0) is 14.8. The summed E-state index contributed by atoms with van der Waals surface area (Å²) in [6, 6.07) is 4.75. The highest BCUT2D eigenvalue weighted by atomic mass is 35.5. The number of aromatic nitrogens is 2. The van der Waals surface area contributed by atoms with Crippen molar-refractivity contribution in [2.45, 2.75) is 18.9 Å².